The summed E-state index contributed by atoms with van der Waals surface area (Å²) < 4.78 is 16.9. The van der Waals surface area contributed by atoms with Gasteiger partial charge in [-0.05, 0) is 84.4 Å². The van der Waals surface area contributed by atoms with Gasteiger partial charge >= 0.3 is 6.16 Å². The Hall–Kier alpha value is -3.74. The molecule has 0 unspecified atom stereocenters. The van der Waals surface area contributed by atoms with Crippen molar-refractivity contribution in [2.45, 2.75) is 60.2 Å². The van der Waals surface area contributed by atoms with Crippen molar-refractivity contribution in [2.75, 3.05) is 0 Å². The first kappa shape index (κ1) is 23.4. The highest BCUT2D eigenvalue weighted by Gasteiger charge is 2.19. The Kier molecular flexibility index (Phi) is 6.13. The van der Waals surface area contributed by atoms with Crippen LogP contribution in [0.1, 0.15) is 51.6 Å². The number of H-pyrrole nitrogens is 2. The molecule has 0 radical (unpaired) electrons. The number of nitrogens with one attached hydrogen (secondary N) is 2. The highest BCUT2D eigenvalue weighted by atomic mass is 16.7. The summed E-state index contributed by atoms with van der Waals surface area (Å²) in [4.78, 5) is 23.8. The summed E-state index contributed by atoms with van der Waals surface area (Å²) in [7, 11) is 0. The smallest absolute Gasteiger partial charge is 0.489 e. The van der Waals surface area contributed by atoms with Crippen molar-refractivity contribution in [3.8, 4) is 11.5 Å². The van der Waals surface area contributed by atoms with Crippen LogP contribution >= 0.6 is 0 Å². The van der Waals surface area contributed by atoms with Gasteiger partial charge in [0.1, 0.15) is 17.1 Å². The van der Waals surface area contributed by atoms with Crippen LogP contribution in [0.25, 0.3) is 17.8 Å². The molecule has 0 saturated carbocycles. The van der Waals surface area contributed by atoms with Crippen LogP contribution in [0.3, 0.4) is 0 Å². The topological polar surface area (TPSA) is 88.7 Å². The number of carbonyl (C=O) groups excluding carboxylic acids is 1. The van der Waals surface area contributed by atoms with Gasteiger partial charge in [0.05, 0.1) is 27.9 Å². The molecule has 1 aliphatic heterocycles. The number of hydrogen-bond donors (Lipinski definition) is 2. The first-order valence-corrected chi connectivity index (χ1v) is 11.4. The highest BCUT2D eigenvalue weighted by Crippen LogP contribution is 2.14. The molecule has 7 heteroatoms. The van der Waals surface area contributed by atoms with Crippen LogP contribution in [0.2, 0.25) is 0 Å². The summed E-state index contributed by atoms with van der Waals surface area (Å²) in [6, 6.07) is 9.47. The zero-order valence-corrected chi connectivity index (χ0v) is 20.7. The normalized spacial score (nSPS) is 15.1. The Morgan fingerprint density at radius 1 is 1.09 bits per heavy atom. The summed E-state index contributed by atoms with van der Waals surface area (Å²) in [5.74, 6) is 1.15. The lowest BCUT2D eigenvalue weighted by Crippen LogP contribution is -2.29. The van der Waals surface area contributed by atoms with Gasteiger partial charge in [0.2, 0.25) is 0 Å². The van der Waals surface area contributed by atoms with Gasteiger partial charge in [0, 0.05) is 22.7 Å². The van der Waals surface area contributed by atoms with Gasteiger partial charge in [0.15, 0.2) is 0 Å². The lowest BCUT2D eigenvalue weighted by molar-refractivity contribution is 0.0204. The van der Waals surface area contributed by atoms with Crippen molar-refractivity contribution >= 4 is 24.0 Å². The molecule has 7 nitrogen and oxygen atoms in total. The van der Waals surface area contributed by atoms with E-state index in [1.54, 1.807) is 32.9 Å². The first-order chi connectivity index (χ1) is 16.0. The second-order valence-electron chi connectivity index (χ2n) is 9.72. The number of fused-ring (bicyclic) bond motifs is 1. The molecule has 0 bridgehead atoms. The van der Waals surface area contributed by atoms with E-state index in [0.29, 0.717) is 5.75 Å². The monoisotopic (exact) mass is 461 g/mol. The number of aromatic nitrogens is 2. The number of hydrogen-bond acceptors (Lipinski definition) is 5. The fraction of sp³-hybridized carbons (Fsp3) is 0.333. The fourth-order valence-corrected chi connectivity index (χ4v) is 3.75. The minimum Gasteiger partial charge on any atom is -0.489 e. The minimum atomic E-state index is -0.747. The largest absolute Gasteiger partial charge is 0.514 e. The summed E-state index contributed by atoms with van der Waals surface area (Å²) in [6.07, 6.45) is 3.21. The predicted octanol–water partition coefficient (Wildman–Crippen LogP) is 3.11. The molecule has 3 heterocycles. The number of rotatable bonds is 4. The Balaban J connectivity index is 1.80. The van der Waals surface area contributed by atoms with E-state index in [-0.39, 0.29) is 6.10 Å². The zero-order valence-electron chi connectivity index (χ0n) is 20.7. The molecular formula is C27H31N3O4. The minimum absolute atomic E-state index is 0.0165. The standard InChI is InChI=1S/C27H31N3O4/c1-15(2)32-25-14-22(30-23(25)13-20-16(3)11-17(4)28-20)21-12-18-19(29-21)9-8-10-24(18)33-26(31)34-27(5,6)7/h8-15,28,30H,1-7H3. The van der Waals surface area contributed by atoms with Gasteiger partial charge < -0.3 is 24.2 Å². The van der Waals surface area contributed by atoms with Crippen LogP contribution < -0.4 is 30.7 Å². The van der Waals surface area contributed by atoms with E-state index in [4.69, 9.17) is 19.2 Å². The summed E-state index contributed by atoms with van der Waals surface area (Å²) in [6.45, 7) is 13.5. The SMILES string of the molecule is Cc1cc(C)c(C=c2[nH]c(=C3C=c4c(OC(=O)OC(C)(C)C)cccc4=N3)cc2OC(C)C)[nH]1. The molecule has 0 aliphatic carbocycles. The second kappa shape index (κ2) is 8.89. The maximum Gasteiger partial charge on any atom is 0.514 e. The van der Waals surface area contributed by atoms with Crippen LogP contribution in [0.5, 0.6) is 11.5 Å². The van der Waals surface area contributed by atoms with Crippen molar-refractivity contribution in [3.05, 3.63) is 68.6 Å². The van der Waals surface area contributed by atoms with E-state index < -0.39 is 11.8 Å². The van der Waals surface area contributed by atoms with E-state index in [1.807, 2.05) is 45.1 Å². The molecule has 0 spiro atoms. The zero-order chi connectivity index (χ0) is 24.6. The first-order valence-electron chi connectivity index (χ1n) is 11.4. The quantitative estimate of drug-likeness (QED) is 0.462. The van der Waals surface area contributed by atoms with Crippen LogP contribution in [0, 0.1) is 13.8 Å². The van der Waals surface area contributed by atoms with E-state index in [1.165, 1.54) is 0 Å². The molecule has 0 atom stereocenters. The van der Waals surface area contributed by atoms with E-state index in [2.05, 4.69) is 23.0 Å². The van der Waals surface area contributed by atoms with Gasteiger partial charge in [-0.15, -0.1) is 0 Å². The summed E-state index contributed by atoms with van der Waals surface area (Å²) in [5.41, 5.74) is 3.37. The van der Waals surface area contributed by atoms with Crippen LogP contribution in [0.15, 0.2) is 35.3 Å². The Morgan fingerprint density at radius 3 is 2.50 bits per heavy atom. The number of carbonyl (C=O) groups is 1. The third-order valence-corrected chi connectivity index (χ3v) is 5.08. The lowest BCUT2D eigenvalue weighted by Gasteiger charge is -2.18. The molecule has 2 aromatic heterocycles. The Morgan fingerprint density at radius 2 is 1.85 bits per heavy atom. The predicted molar refractivity (Wildman–Crippen MR) is 132 cm³/mol. The molecule has 4 rings (SSSR count). The van der Waals surface area contributed by atoms with E-state index in [0.717, 1.165) is 49.7 Å². The van der Waals surface area contributed by atoms with Crippen LogP contribution in [0.4, 0.5) is 4.79 Å². The van der Waals surface area contributed by atoms with Gasteiger partial charge in [-0.2, -0.15) is 0 Å². The molecule has 0 saturated heterocycles. The van der Waals surface area contributed by atoms with Crippen molar-refractivity contribution < 1.29 is 19.0 Å². The lowest BCUT2D eigenvalue weighted by atomic mass is 10.2. The third-order valence-electron chi connectivity index (χ3n) is 5.08. The van der Waals surface area contributed by atoms with Gasteiger partial charge in [-0.25, -0.2) is 9.79 Å². The van der Waals surface area contributed by atoms with Crippen molar-refractivity contribution in [2.24, 2.45) is 4.99 Å². The fourth-order valence-electron chi connectivity index (χ4n) is 3.75. The molecule has 178 valence electrons. The summed E-state index contributed by atoms with van der Waals surface area (Å²) >= 11 is 0. The molecule has 2 N–H and O–H groups in total. The van der Waals surface area contributed by atoms with Crippen molar-refractivity contribution in [3.63, 3.8) is 0 Å². The maximum atomic E-state index is 12.2. The van der Waals surface area contributed by atoms with E-state index in [9.17, 15) is 4.79 Å². The number of benzene rings is 1. The number of aryl methyl sites for hydroxylation is 2. The molecule has 1 aromatic carbocycles. The van der Waals surface area contributed by atoms with Gasteiger partial charge in [-0.3, -0.25) is 0 Å². The number of nitrogens with zero attached hydrogens (tertiary/aromatic N) is 1. The van der Waals surface area contributed by atoms with Crippen LogP contribution in [-0.4, -0.2) is 27.8 Å². The van der Waals surface area contributed by atoms with E-state index >= 15 is 0 Å². The molecule has 1 aliphatic rings. The van der Waals surface area contributed by atoms with Gasteiger partial charge in [-0.1, -0.05) is 6.07 Å². The Bertz CT molecular complexity index is 1480. The molecule has 0 fully saturated rings. The third kappa shape index (κ3) is 5.25. The molecular weight excluding hydrogens is 430 g/mol. The highest BCUT2D eigenvalue weighted by molar-refractivity contribution is 5.78. The maximum absolute atomic E-state index is 12.2. The average molecular weight is 462 g/mol. The van der Waals surface area contributed by atoms with Crippen molar-refractivity contribution in [1.82, 2.24) is 9.97 Å². The number of aromatic amines is 2. The molecule has 34 heavy (non-hydrogen) atoms. The Labute approximate surface area is 198 Å². The van der Waals surface area contributed by atoms with Crippen LogP contribution in [-0.2, 0) is 4.74 Å². The average Bonchev–Trinajstić information content (AvgIpc) is 3.38. The summed E-state index contributed by atoms with van der Waals surface area (Å²) in [5, 5.41) is 3.11. The van der Waals surface area contributed by atoms with Gasteiger partial charge in [0.25, 0.3) is 0 Å². The second-order valence-corrected chi connectivity index (χ2v) is 9.72. The molecule has 0 amide bonds. The molecule has 3 aromatic rings. The number of ether oxygens (including phenoxy) is 3. The van der Waals surface area contributed by atoms with Crippen molar-refractivity contribution in [1.29, 1.82) is 0 Å².